The lowest BCUT2D eigenvalue weighted by Crippen LogP contribution is -2.44. The minimum atomic E-state index is -2.33. The fourth-order valence-electron chi connectivity index (χ4n) is 3.75. The molecule has 1 amide bonds. The van der Waals surface area contributed by atoms with Gasteiger partial charge >= 0.3 is 12.1 Å². The average molecular weight is 442 g/mol. The van der Waals surface area contributed by atoms with Crippen molar-refractivity contribution >= 4 is 20.4 Å². The summed E-state index contributed by atoms with van der Waals surface area (Å²) in [5.74, 6) is 0.138. The first-order valence-electron chi connectivity index (χ1n) is 11.1. The maximum absolute atomic E-state index is 12.8. The van der Waals surface area contributed by atoms with Crippen LogP contribution in [0.2, 0.25) is 18.1 Å². The normalized spacial score (nSPS) is 20.6. The predicted octanol–water partition coefficient (Wildman–Crippen LogP) is 5.27. The molecule has 0 aromatic rings. The fraction of sp³-hybridized carbons (Fsp3) is 0.826. The zero-order chi connectivity index (χ0) is 23.2. The van der Waals surface area contributed by atoms with Gasteiger partial charge in [0, 0.05) is 19.0 Å². The Kier molecular flexibility index (Phi) is 9.61. The Morgan fingerprint density at radius 2 is 1.80 bits per heavy atom. The van der Waals surface area contributed by atoms with Gasteiger partial charge in [0.1, 0.15) is 5.60 Å². The molecule has 174 valence electrons. The number of allylic oxidation sites excluding steroid dienone is 1. The molecule has 2 unspecified atom stereocenters. The summed E-state index contributed by atoms with van der Waals surface area (Å²) in [6, 6.07) is 0.0623. The van der Waals surface area contributed by atoms with Crippen LogP contribution < -0.4 is 0 Å². The summed E-state index contributed by atoms with van der Waals surface area (Å²) in [6.45, 7) is 14.6. The first-order chi connectivity index (χ1) is 13.7. The monoisotopic (exact) mass is 441 g/mol. The zero-order valence-electron chi connectivity index (χ0n) is 20.3. The van der Waals surface area contributed by atoms with Crippen molar-refractivity contribution in [3.05, 3.63) is 12.2 Å². The number of esters is 1. The van der Waals surface area contributed by atoms with Crippen LogP contribution >= 0.6 is 0 Å². The molecule has 1 rings (SSSR count). The van der Waals surface area contributed by atoms with Gasteiger partial charge < -0.3 is 19.2 Å². The van der Waals surface area contributed by atoms with Crippen molar-refractivity contribution in [3.8, 4) is 0 Å². The molecule has 0 aliphatic carbocycles. The summed E-state index contributed by atoms with van der Waals surface area (Å²) in [4.78, 5) is 36.6. The maximum atomic E-state index is 12.8. The summed E-state index contributed by atoms with van der Waals surface area (Å²) in [5, 5.41) is -0.135. The number of rotatable bonds is 9. The van der Waals surface area contributed by atoms with E-state index in [2.05, 4.69) is 30.7 Å². The van der Waals surface area contributed by atoms with Crippen molar-refractivity contribution in [2.75, 3.05) is 13.7 Å². The third kappa shape index (κ3) is 8.42. The number of carbonyl (C=O) groups is 2. The number of hydrogen-bond acceptors (Lipinski definition) is 5. The Hall–Kier alpha value is -1.34. The average Bonchev–Trinajstić information content (AvgIpc) is 2.97. The highest BCUT2D eigenvalue weighted by molar-refractivity contribution is 6.72. The smallest absolute Gasteiger partial charge is 0.410 e. The van der Waals surface area contributed by atoms with E-state index in [-0.39, 0.29) is 23.1 Å². The van der Waals surface area contributed by atoms with Gasteiger partial charge in [0.15, 0.2) is 8.32 Å². The molecule has 0 radical (unpaired) electrons. The molecule has 1 aliphatic rings. The van der Waals surface area contributed by atoms with Gasteiger partial charge in [0.25, 0.3) is 0 Å². The lowest BCUT2D eigenvalue weighted by molar-refractivity contribution is -0.140. The van der Waals surface area contributed by atoms with Crippen LogP contribution in [0.15, 0.2) is 12.2 Å². The molecule has 0 aromatic carbocycles. The highest BCUT2D eigenvalue weighted by Gasteiger charge is 2.45. The number of ether oxygens (including phenoxy) is 2. The van der Waals surface area contributed by atoms with Gasteiger partial charge in [0.2, 0.25) is 0 Å². The SMILES string of the molecule is COC(=O)CCC/C=C\CC1C(CC(C)(C)[Si](C)(C)O)CCN1C(=O)OC(C)(C)C. The van der Waals surface area contributed by atoms with E-state index >= 15 is 0 Å². The molecule has 1 aliphatic heterocycles. The number of nitrogens with zero attached hydrogens (tertiary/aromatic N) is 1. The Labute approximate surface area is 184 Å². The predicted molar refractivity (Wildman–Crippen MR) is 123 cm³/mol. The van der Waals surface area contributed by atoms with Crippen LogP contribution in [0.3, 0.4) is 0 Å². The van der Waals surface area contributed by atoms with Crippen molar-refractivity contribution in [2.24, 2.45) is 5.92 Å². The molecule has 1 saturated heterocycles. The zero-order valence-corrected chi connectivity index (χ0v) is 21.3. The third-order valence-electron chi connectivity index (χ3n) is 6.27. The van der Waals surface area contributed by atoms with E-state index in [9.17, 15) is 14.4 Å². The summed E-state index contributed by atoms with van der Waals surface area (Å²) in [5.41, 5.74) is -0.525. The van der Waals surface area contributed by atoms with E-state index in [0.29, 0.717) is 18.9 Å². The van der Waals surface area contributed by atoms with Gasteiger partial charge in [0.05, 0.1) is 7.11 Å². The number of amides is 1. The minimum Gasteiger partial charge on any atom is -0.469 e. The van der Waals surface area contributed by atoms with Crippen molar-refractivity contribution < 1.29 is 23.9 Å². The Balaban J connectivity index is 2.84. The van der Waals surface area contributed by atoms with Gasteiger partial charge in [-0.15, -0.1) is 0 Å². The highest BCUT2D eigenvalue weighted by Crippen LogP contribution is 2.46. The number of carbonyl (C=O) groups excluding carboxylic acids is 2. The van der Waals surface area contributed by atoms with E-state index in [1.165, 1.54) is 7.11 Å². The van der Waals surface area contributed by atoms with E-state index in [1.54, 1.807) is 0 Å². The van der Waals surface area contributed by atoms with Crippen LogP contribution in [0.4, 0.5) is 4.79 Å². The summed E-state index contributed by atoms with van der Waals surface area (Å²) < 4.78 is 10.3. The number of likely N-dealkylation sites (tertiary alicyclic amines) is 1. The molecule has 7 heteroatoms. The first-order valence-corrected chi connectivity index (χ1v) is 14.1. The second-order valence-electron chi connectivity index (χ2n) is 10.6. The second-order valence-corrected chi connectivity index (χ2v) is 15.1. The lowest BCUT2D eigenvalue weighted by atomic mass is 9.88. The second kappa shape index (κ2) is 10.8. The molecular weight excluding hydrogens is 398 g/mol. The first kappa shape index (κ1) is 26.7. The molecule has 0 aromatic heterocycles. The Morgan fingerprint density at radius 3 is 2.33 bits per heavy atom. The molecule has 1 N–H and O–H groups in total. The topological polar surface area (TPSA) is 76.1 Å². The molecule has 30 heavy (non-hydrogen) atoms. The number of hydrogen-bond donors (Lipinski definition) is 1. The number of methoxy groups -OCH3 is 1. The molecule has 2 atom stereocenters. The van der Waals surface area contributed by atoms with Crippen LogP contribution in [0.25, 0.3) is 0 Å². The van der Waals surface area contributed by atoms with Crippen molar-refractivity contribution in [3.63, 3.8) is 0 Å². The van der Waals surface area contributed by atoms with Gasteiger partial charge in [-0.3, -0.25) is 4.79 Å². The Morgan fingerprint density at radius 1 is 1.17 bits per heavy atom. The van der Waals surface area contributed by atoms with Gasteiger partial charge in [-0.25, -0.2) is 4.79 Å². The van der Waals surface area contributed by atoms with Crippen LogP contribution in [-0.2, 0) is 14.3 Å². The molecule has 6 nitrogen and oxygen atoms in total. The third-order valence-corrected chi connectivity index (χ3v) is 9.78. The molecule has 0 spiro atoms. The quantitative estimate of drug-likeness (QED) is 0.228. The van der Waals surface area contributed by atoms with Crippen LogP contribution in [0.5, 0.6) is 0 Å². The Bertz CT molecular complexity index is 604. The van der Waals surface area contributed by atoms with Crippen LogP contribution in [0, 0.1) is 5.92 Å². The van der Waals surface area contributed by atoms with Crippen molar-refractivity contribution in [1.82, 2.24) is 4.90 Å². The highest BCUT2D eigenvalue weighted by atomic mass is 28.4. The largest absolute Gasteiger partial charge is 0.469 e. The molecule has 1 fully saturated rings. The molecule has 0 saturated carbocycles. The summed E-state index contributed by atoms with van der Waals surface area (Å²) in [6.07, 6.45) is 8.50. The van der Waals surface area contributed by atoms with Crippen LogP contribution in [0.1, 0.15) is 73.1 Å². The van der Waals surface area contributed by atoms with Gasteiger partial charge in [-0.1, -0.05) is 26.0 Å². The molecular formula is C23H43NO5Si. The van der Waals surface area contributed by atoms with Crippen LogP contribution in [-0.4, -0.2) is 55.4 Å². The summed E-state index contributed by atoms with van der Waals surface area (Å²) >= 11 is 0. The summed E-state index contributed by atoms with van der Waals surface area (Å²) in [7, 11) is -0.925. The fourth-order valence-corrected chi connectivity index (χ4v) is 4.51. The number of unbranched alkanes of at least 4 members (excludes halogenated alkanes) is 1. The van der Waals surface area contributed by atoms with E-state index in [0.717, 1.165) is 32.1 Å². The van der Waals surface area contributed by atoms with E-state index in [1.807, 2.05) is 38.8 Å². The van der Waals surface area contributed by atoms with Crippen molar-refractivity contribution in [1.29, 1.82) is 0 Å². The van der Waals surface area contributed by atoms with E-state index < -0.39 is 13.9 Å². The van der Waals surface area contributed by atoms with Crippen molar-refractivity contribution in [2.45, 2.75) is 103 Å². The minimum absolute atomic E-state index is 0.0623. The van der Waals surface area contributed by atoms with Gasteiger partial charge in [-0.05, 0) is 76.9 Å². The van der Waals surface area contributed by atoms with Gasteiger partial charge in [-0.2, -0.15) is 0 Å². The molecule has 1 heterocycles. The maximum Gasteiger partial charge on any atom is 0.410 e. The van der Waals surface area contributed by atoms with E-state index in [4.69, 9.17) is 4.74 Å². The molecule has 0 bridgehead atoms. The standard InChI is InChI=1S/C23H43NO5Si/c1-22(2,3)29-21(26)24-16-15-18(17-23(4,5)30(7,8)27)19(24)13-11-9-10-12-14-20(25)28-6/h9,11,18-19,27H,10,12-17H2,1-8H3/b11-9-. The lowest BCUT2D eigenvalue weighted by Gasteiger charge is -2.39.